The van der Waals surface area contributed by atoms with Gasteiger partial charge in [0, 0.05) is 6.20 Å². The molecule has 1 aromatic rings. The summed E-state index contributed by atoms with van der Waals surface area (Å²) in [5.74, 6) is 2.98. The molecule has 0 aliphatic rings. The van der Waals surface area contributed by atoms with Crippen LogP contribution in [0.4, 0.5) is 5.82 Å². The number of anilines is 1. The number of terminal acetylenes is 1. The van der Waals surface area contributed by atoms with Gasteiger partial charge in [0.15, 0.2) is 0 Å². The van der Waals surface area contributed by atoms with Gasteiger partial charge in [-0.1, -0.05) is 12.8 Å². The van der Waals surface area contributed by atoms with E-state index in [1.807, 2.05) is 13.0 Å². The average Bonchev–Trinajstić information content (AvgIpc) is 2.04. The first-order chi connectivity index (χ1) is 5.29. The third-order valence-electron chi connectivity index (χ3n) is 1.59. The minimum Gasteiger partial charge on any atom is -0.383 e. The van der Waals surface area contributed by atoms with Crippen LogP contribution in [0, 0.1) is 12.3 Å². The molecule has 2 heteroatoms. The highest BCUT2D eigenvalue weighted by molar-refractivity contribution is 5.54. The third-order valence-corrected chi connectivity index (χ3v) is 1.59. The largest absolute Gasteiger partial charge is 0.383 e. The molecule has 1 heterocycles. The molecule has 0 bridgehead atoms. The Kier molecular flexibility index (Phi) is 2.12. The van der Waals surface area contributed by atoms with E-state index in [0.29, 0.717) is 5.82 Å². The van der Waals surface area contributed by atoms with Gasteiger partial charge in [-0.05, 0) is 18.1 Å². The molecule has 0 radical (unpaired) electrons. The van der Waals surface area contributed by atoms with Gasteiger partial charge in [0.1, 0.15) is 5.82 Å². The van der Waals surface area contributed by atoms with Crippen molar-refractivity contribution in [2.45, 2.75) is 13.3 Å². The van der Waals surface area contributed by atoms with Crippen LogP contribution in [-0.2, 0) is 6.42 Å². The number of nitrogens with two attached hydrogens (primary N) is 1. The quantitative estimate of drug-likeness (QED) is 0.605. The Morgan fingerprint density at radius 1 is 1.73 bits per heavy atom. The Morgan fingerprint density at radius 2 is 2.45 bits per heavy atom. The molecule has 0 unspecified atom stereocenters. The van der Waals surface area contributed by atoms with Crippen LogP contribution in [0.5, 0.6) is 0 Å². The van der Waals surface area contributed by atoms with Gasteiger partial charge in [0.2, 0.25) is 0 Å². The molecular formula is C9H10N2. The van der Waals surface area contributed by atoms with Gasteiger partial charge in [-0.2, -0.15) is 0 Å². The maximum atomic E-state index is 5.55. The van der Waals surface area contributed by atoms with Gasteiger partial charge in [-0.15, -0.1) is 6.42 Å². The SMILES string of the molecule is C#Cc1c(CC)ccnc1N. The first kappa shape index (κ1) is 7.62. The van der Waals surface area contributed by atoms with Crippen LogP contribution in [0.1, 0.15) is 18.1 Å². The number of aryl methyl sites for hydroxylation is 1. The molecule has 2 nitrogen and oxygen atoms in total. The van der Waals surface area contributed by atoms with Gasteiger partial charge in [0.25, 0.3) is 0 Å². The fraction of sp³-hybridized carbons (Fsp3) is 0.222. The predicted octanol–water partition coefficient (Wildman–Crippen LogP) is 1.21. The van der Waals surface area contributed by atoms with Crippen LogP contribution >= 0.6 is 0 Å². The summed E-state index contributed by atoms with van der Waals surface area (Å²) in [5.41, 5.74) is 7.37. The van der Waals surface area contributed by atoms with Gasteiger partial charge < -0.3 is 5.73 Å². The molecule has 2 N–H and O–H groups in total. The van der Waals surface area contributed by atoms with Crippen molar-refractivity contribution in [3.63, 3.8) is 0 Å². The summed E-state index contributed by atoms with van der Waals surface area (Å²) in [6.45, 7) is 2.04. The molecule has 0 saturated heterocycles. The Hall–Kier alpha value is -1.49. The van der Waals surface area contributed by atoms with E-state index in [2.05, 4.69) is 10.9 Å². The molecule has 1 rings (SSSR count). The van der Waals surface area contributed by atoms with Crippen molar-refractivity contribution < 1.29 is 0 Å². The lowest BCUT2D eigenvalue weighted by Crippen LogP contribution is -1.97. The maximum Gasteiger partial charge on any atom is 0.139 e. The molecule has 0 saturated carbocycles. The van der Waals surface area contributed by atoms with Gasteiger partial charge in [-0.25, -0.2) is 4.98 Å². The number of rotatable bonds is 1. The highest BCUT2D eigenvalue weighted by Crippen LogP contribution is 2.12. The first-order valence-corrected chi connectivity index (χ1v) is 3.49. The zero-order chi connectivity index (χ0) is 8.27. The Balaban J connectivity index is 3.27. The zero-order valence-corrected chi connectivity index (χ0v) is 6.46. The van der Waals surface area contributed by atoms with Crippen molar-refractivity contribution >= 4 is 5.82 Å². The number of nitrogens with zero attached hydrogens (tertiary/aromatic N) is 1. The van der Waals surface area contributed by atoms with E-state index in [-0.39, 0.29) is 0 Å². The van der Waals surface area contributed by atoms with Crippen molar-refractivity contribution in [3.05, 3.63) is 23.4 Å². The summed E-state index contributed by atoms with van der Waals surface area (Å²) >= 11 is 0. The topological polar surface area (TPSA) is 38.9 Å². The van der Waals surface area contributed by atoms with E-state index in [0.717, 1.165) is 17.5 Å². The predicted molar refractivity (Wildman–Crippen MR) is 46.0 cm³/mol. The Bertz CT molecular complexity index is 297. The van der Waals surface area contributed by atoms with Crippen molar-refractivity contribution in [2.75, 3.05) is 5.73 Å². The molecule has 11 heavy (non-hydrogen) atoms. The Morgan fingerprint density at radius 3 is 2.91 bits per heavy atom. The van der Waals surface area contributed by atoms with Crippen LogP contribution in [0.25, 0.3) is 0 Å². The second-order valence-corrected chi connectivity index (χ2v) is 2.23. The van der Waals surface area contributed by atoms with Crippen LogP contribution < -0.4 is 5.73 Å². The normalized spacial score (nSPS) is 9.09. The number of pyridine rings is 1. The smallest absolute Gasteiger partial charge is 0.139 e. The van der Waals surface area contributed by atoms with Crippen LogP contribution in [-0.4, -0.2) is 4.98 Å². The third kappa shape index (κ3) is 1.32. The van der Waals surface area contributed by atoms with Gasteiger partial charge >= 0.3 is 0 Å². The van der Waals surface area contributed by atoms with Crippen LogP contribution in [0.3, 0.4) is 0 Å². The van der Waals surface area contributed by atoms with Gasteiger partial charge in [0.05, 0.1) is 5.56 Å². The van der Waals surface area contributed by atoms with Crippen molar-refractivity contribution in [1.82, 2.24) is 4.98 Å². The maximum absolute atomic E-state index is 5.55. The summed E-state index contributed by atoms with van der Waals surface area (Å²) in [6, 6.07) is 1.89. The van der Waals surface area contributed by atoms with Crippen molar-refractivity contribution in [2.24, 2.45) is 0 Å². The molecule has 0 aliphatic carbocycles. The summed E-state index contributed by atoms with van der Waals surface area (Å²) in [5, 5.41) is 0. The standard InChI is InChI=1S/C9H10N2/c1-3-7-5-6-11-9(10)8(7)4-2/h2,5-6H,3H2,1H3,(H2,10,11). The molecule has 0 spiro atoms. The molecule has 0 aliphatic heterocycles. The number of aromatic nitrogens is 1. The van der Waals surface area contributed by atoms with Gasteiger partial charge in [-0.3, -0.25) is 0 Å². The lowest BCUT2D eigenvalue weighted by Gasteiger charge is -2.02. The van der Waals surface area contributed by atoms with Crippen molar-refractivity contribution in [1.29, 1.82) is 0 Å². The average molecular weight is 146 g/mol. The zero-order valence-electron chi connectivity index (χ0n) is 6.46. The monoisotopic (exact) mass is 146 g/mol. The number of nitrogen functional groups attached to an aromatic ring is 1. The molecule has 0 atom stereocenters. The lowest BCUT2D eigenvalue weighted by atomic mass is 10.1. The summed E-state index contributed by atoms with van der Waals surface area (Å²) in [6.07, 6.45) is 7.83. The fourth-order valence-corrected chi connectivity index (χ4v) is 0.981. The van der Waals surface area contributed by atoms with E-state index < -0.39 is 0 Å². The number of hydrogen-bond acceptors (Lipinski definition) is 2. The molecule has 0 fully saturated rings. The van der Waals surface area contributed by atoms with E-state index in [9.17, 15) is 0 Å². The van der Waals surface area contributed by atoms with Crippen LogP contribution in [0.2, 0.25) is 0 Å². The van der Waals surface area contributed by atoms with E-state index in [4.69, 9.17) is 12.2 Å². The Labute approximate surface area is 66.4 Å². The second-order valence-electron chi connectivity index (χ2n) is 2.23. The fourth-order valence-electron chi connectivity index (χ4n) is 0.981. The molecule has 0 amide bonds. The van der Waals surface area contributed by atoms with Crippen LogP contribution in [0.15, 0.2) is 12.3 Å². The van der Waals surface area contributed by atoms with E-state index >= 15 is 0 Å². The second kappa shape index (κ2) is 3.07. The summed E-state index contributed by atoms with van der Waals surface area (Å²) in [7, 11) is 0. The van der Waals surface area contributed by atoms with E-state index in [1.165, 1.54) is 0 Å². The highest BCUT2D eigenvalue weighted by Gasteiger charge is 2.00. The minimum atomic E-state index is 0.451. The summed E-state index contributed by atoms with van der Waals surface area (Å²) in [4.78, 5) is 3.89. The first-order valence-electron chi connectivity index (χ1n) is 3.49. The lowest BCUT2D eigenvalue weighted by molar-refractivity contribution is 1.11. The van der Waals surface area contributed by atoms with Crippen molar-refractivity contribution in [3.8, 4) is 12.3 Å². The number of hydrogen-bond donors (Lipinski definition) is 1. The van der Waals surface area contributed by atoms with E-state index in [1.54, 1.807) is 6.20 Å². The molecule has 1 aromatic heterocycles. The molecule has 56 valence electrons. The molecule has 0 aromatic carbocycles. The highest BCUT2D eigenvalue weighted by atomic mass is 14.8. The molecular weight excluding hydrogens is 136 g/mol. The summed E-state index contributed by atoms with van der Waals surface area (Å²) < 4.78 is 0. The minimum absolute atomic E-state index is 0.451.